The van der Waals surface area contributed by atoms with E-state index in [1.165, 1.54) is 13.0 Å². The fourth-order valence-corrected chi connectivity index (χ4v) is 4.58. The van der Waals surface area contributed by atoms with Crippen LogP contribution in [-0.2, 0) is 6.18 Å². The quantitative estimate of drug-likeness (QED) is 0.278. The van der Waals surface area contributed by atoms with Gasteiger partial charge in [0.05, 0.1) is 16.9 Å². The largest absolute Gasteiger partial charge is 0.417 e. The summed E-state index contributed by atoms with van der Waals surface area (Å²) in [4.78, 5) is 12.4. The molecular weight excluding hydrogens is 688 g/mol. The summed E-state index contributed by atoms with van der Waals surface area (Å²) in [6, 6.07) is 3.98. The van der Waals surface area contributed by atoms with E-state index in [1.807, 2.05) is 0 Å². The standard InChI is InChI=1S/C23H17Br2F10NOS/c1-11(9-38-10-21(27,28)29)36-20(37)14-4-2-13(6-16(14)23(33,34)35)19(26)8-15(22(30,31)32)12-3-5-17(24)18(25)7-12/h2-8,11,15H,9-10H2,1H3,(H,36,37)/b19-8-. The van der Waals surface area contributed by atoms with Crippen LogP contribution in [0.3, 0.4) is 0 Å². The van der Waals surface area contributed by atoms with Crippen LogP contribution >= 0.6 is 43.6 Å². The zero-order chi connectivity index (χ0) is 29.1. The van der Waals surface area contributed by atoms with Crippen LogP contribution in [0.25, 0.3) is 5.83 Å². The highest BCUT2D eigenvalue weighted by atomic mass is 79.9. The van der Waals surface area contributed by atoms with Crippen LogP contribution in [0.1, 0.15) is 39.9 Å². The molecule has 0 aliphatic rings. The molecule has 38 heavy (non-hydrogen) atoms. The van der Waals surface area contributed by atoms with Crippen molar-refractivity contribution in [1.29, 1.82) is 0 Å². The Labute approximate surface area is 231 Å². The molecule has 0 radical (unpaired) electrons. The Morgan fingerprint density at radius 3 is 2.13 bits per heavy atom. The Bertz CT molecular complexity index is 1180. The predicted octanol–water partition coefficient (Wildman–Crippen LogP) is 9.30. The van der Waals surface area contributed by atoms with Gasteiger partial charge in [-0.25, -0.2) is 4.39 Å². The van der Waals surface area contributed by atoms with Crippen molar-refractivity contribution < 1.29 is 48.7 Å². The van der Waals surface area contributed by atoms with E-state index in [4.69, 9.17) is 0 Å². The van der Waals surface area contributed by atoms with Gasteiger partial charge < -0.3 is 5.32 Å². The van der Waals surface area contributed by atoms with Gasteiger partial charge in [0.15, 0.2) is 0 Å². The van der Waals surface area contributed by atoms with Crippen LogP contribution in [0, 0.1) is 0 Å². The molecule has 1 amide bonds. The van der Waals surface area contributed by atoms with Gasteiger partial charge >= 0.3 is 18.5 Å². The lowest BCUT2D eigenvalue weighted by molar-refractivity contribution is -0.140. The van der Waals surface area contributed by atoms with Crippen molar-refractivity contribution in [3.63, 3.8) is 0 Å². The van der Waals surface area contributed by atoms with Crippen molar-refractivity contribution in [1.82, 2.24) is 5.32 Å². The minimum Gasteiger partial charge on any atom is -0.349 e. The third kappa shape index (κ3) is 9.47. The van der Waals surface area contributed by atoms with Gasteiger partial charge in [0.1, 0.15) is 11.7 Å². The van der Waals surface area contributed by atoms with E-state index in [-0.39, 0.29) is 27.9 Å². The molecule has 0 fully saturated rings. The molecule has 0 aliphatic carbocycles. The monoisotopic (exact) mass is 703 g/mol. The minimum atomic E-state index is -5.20. The van der Waals surface area contributed by atoms with Gasteiger partial charge in [-0.05, 0) is 74.7 Å². The zero-order valence-corrected chi connectivity index (χ0v) is 23.0. The van der Waals surface area contributed by atoms with E-state index in [0.717, 1.165) is 12.1 Å². The minimum absolute atomic E-state index is 0.130. The third-order valence-corrected chi connectivity index (χ3v) is 7.97. The SMILES string of the molecule is CC(CSCC(F)(F)F)NC(=O)c1ccc(/C(F)=C/C(c2ccc(Br)c(Br)c2)C(F)(F)F)cc1C(F)(F)F. The van der Waals surface area contributed by atoms with Gasteiger partial charge in [-0.2, -0.15) is 51.3 Å². The molecule has 210 valence electrons. The zero-order valence-electron chi connectivity index (χ0n) is 19.0. The van der Waals surface area contributed by atoms with Gasteiger partial charge in [-0.1, -0.05) is 12.1 Å². The summed E-state index contributed by atoms with van der Waals surface area (Å²) >= 11 is 6.55. The van der Waals surface area contributed by atoms with Gasteiger partial charge in [0.25, 0.3) is 5.91 Å². The maximum absolute atomic E-state index is 14.9. The molecule has 2 aromatic rings. The van der Waals surface area contributed by atoms with Gasteiger partial charge in [-0.15, -0.1) is 0 Å². The Morgan fingerprint density at radius 2 is 1.61 bits per heavy atom. The van der Waals surface area contributed by atoms with E-state index in [9.17, 15) is 48.7 Å². The number of alkyl halides is 9. The van der Waals surface area contributed by atoms with Crippen LogP contribution in [0.4, 0.5) is 43.9 Å². The van der Waals surface area contributed by atoms with E-state index < -0.39 is 64.7 Å². The van der Waals surface area contributed by atoms with Crippen molar-refractivity contribution in [2.24, 2.45) is 0 Å². The molecule has 1 N–H and O–H groups in total. The number of hydrogen-bond acceptors (Lipinski definition) is 2. The highest BCUT2D eigenvalue weighted by molar-refractivity contribution is 9.13. The van der Waals surface area contributed by atoms with Crippen molar-refractivity contribution in [2.75, 3.05) is 11.5 Å². The Hall–Kier alpha value is -1.74. The predicted molar refractivity (Wildman–Crippen MR) is 131 cm³/mol. The summed E-state index contributed by atoms with van der Waals surface area (Å²) in [5.74, 6) is -6.88. The molecule has 0 heterocycles. The summed E-state index contributed by atoms with van der Waals surface area (Å²) in [5, 5.41) is 2.13. The number of carbonyl (C=O) groups excluding carboxylic acids is 1. The van der Waals surface area contributed by atoms with Crippen molar-refractivity contribution in [3.8, 4) is 0 Å². The second-order valence-electron chi connectivity index (χ2n) is 7.97. The van der Waals surface area contributed by atoms with E-state index in [2.05, 4.69) is 37.2 Å². The molecule has 0 saturated carbocycles. The number of nitrogens with one attached hydrogen (secondary N) is 1. The molecule has 2 nitrogen and oxygen atoms in total. The summed E-state index contributed by atoms with van der Waals surface area (Å²) < 4.78 is 134. The molecular formula is C23H17Br2F10NOS. The molecule has 0 aliphatic heterocycles. The van der Waals surface area contributed by atoms with Crippen molar-refractivity contribution in [3.05, 3.63) is 73.7 Å². The normalized spacial score (nSPS) is 14.8. The lowest BCUT2D eigenvalue weighted by Gasteiger charge is -2.19. The smallest absolute Gasteiger partial charge is 0.349 e. The first-order valence-electron chi connectivity index (χ1n) is 10.4. The summed E-state index contributed by atoms with van der Waals surface area (Å²) in [6.07, 6.45) is -14.5. The summed E-state index contributed by atoms with van der Waals surface area (Å²) in [7, 11) is 0. The Morgan fingerprint density at radius 1 is 0.974 bits per heavy atom. The number of rotatable bonds is 8. The van der Waals surface area contributed by atoms with Crippen LogP contribution in [0.5, 0.6) is 0 Å². The Kier molecular flexibility index (Phi) is 10.8. The second kappa shape index (κ2) is 12.6. The van der Waals surface area contributed by atoms with Crippen LogP contribution < -0.4 is 5.32 Å². The molecule has 0 bridgehead atoms. The van der Waals surface area contributed by atoms with Gasteiger partial charge in [0, 0.05) is 26.3 Å². The maximum atomic E-state index is 14.9. The van der Waals surface area contributed by atoms with Crippen LogP contribution in [-0.4, -0.2) is 35.8 Å². The maximum Gasteiger partial charge on any atom is 0.417 e. The van der Waals surface area contributed by atoms with Crippen molar-refractivity contribution in [2.45, 2.75) is 37.4 Å². The average Bonchev–Trinajstić information content (AvgIpc) is 2.76. The first-order chi connectivity index (χ1) is 17.3. The van der Waals surface area contributed by atoms with Gasteiger partial charge in [-0.3, -0.25) is 4.79 Å². The van der Waals surface area contributed by atoms with E-state index >= 15 is 0 Å². The number of hydrogen-bond donors (Lipinski definition) is 1. The highest BCUT2D eigenvalue weighted by Crippen LogP contribution is 2.41. The number of allylic oxidation sites excluding steroid dienone is 1. The number of thioether (sulfide) groups is 1. The van der Waals surface area contributed by atoms with Crippen molar-refractivity contribution >= 4 is 55.4 Å². The highest BCUT2D eigenvalue weighted by Gasteiger charge is 2.41. The lowest BCUT2D eigenvalue weighted by atomic mass is 9.95. The van der Waals surface area contributed by atoms with E-state index in [1.54, 1.807) is 0 Å². The third-order valence-electron chi connectivity index (χ3n) is 4.82. The topological polar surface area (TPSA) is 29.1 Å². The number of amides is 1. The second-order valence-corrected chi connectivity index (χ2v) is 10.7. The molecule has 2 atom stereocenters. The van der Waals surface area contributed by atoms with Gasteiger partial charge in [0.2, 0.25) is 0 Å². The fraction of sp³-hybridized carbons (Fsp3) is 0.348. The first-order valence-corrected chi connectivity index (χ1v) is 13.1. The lowest BCUT2D eigenvalue weighted by Crippen LogP contribution is -2.35. The fourth-order valence-electron chi connectivity index (χ4n) is 3.15. The molecule has 0 saturated heterocycles. The molecule has 2 rings (SSSR count). The molecule has 2 unspecified atom stereocenters. The van der Waals surface area contributed by atoms with Crippen LogP contribution in [0.15, 0.2) is 51.4 Å². The van der Waals surface area contributed by atoms with Crippen LogP contribution in [0.2, 0.25) is 0 Å². The molecule has 0 spiro atoms. The average molecular weight is 705 g/mol. The summed E-state index contributed by atoms with van der Waals surface area (Å²) in [5.41, 5.74) is -3.83. The van der Waals surface area contributed by atoms with E-state index in [0.29, 0.717) is 28.4 Å². The first kappa shape index (κ1) is 32.5. The number of benzene rings is 2. The molecule has 0 aromatic heterocycles. The molecule has 2 aromatic carbocycles. The molecule has 15 heteroatoms. The number of halogens is 12. The summed E-state index contributed by atoms with van der Waals surface area (Å²) in [6.45, 7) is 1.28. The Balaban J connectivity index is 2.38. The number of carbonyl (C=O) groups is 1.